The molecule has 8 aromatic carbocycles. The smallest absolute Gasteiger partial charge is 0.147 e. The van der Waals surface area contributed by atoms with Gasteiger partial charge in [0.2, 0.25) is 0 Å². The van der Waals surface area contributed by atoms with Crippen LogP contribution in [0.25, 0.3) is 110 Å². The van der Waals surface area contributed by atoms with E-state index >= 15 is 0 Å². The van der Waals surface area contributed by atoms with Crippen LogP contribution in [0.2, 0.25) is 0 Å². The van der Waals surface area contributed by atoms with Crippen LogP contribution in [0.3, 0.4) is 0 Å². The largest absolute Gasteiger partial charge is 0.492 e. The third-order valence-corrected chi connectivity index (χ3v) is 10.8. The average molecular weight is 643 g/mol. The molecule has 0 bridgehead atoms. The first-order valence-corrected chi connectivity index (χ1v) is 17.1. The maximum Gasteiger partial charge on any atom is 0.147 e. The van der Waals surface area contributed by atoms with E-state index in [2.05, 4.69) is 109 Å². The molecular formula is C46H26O4. The van der Waals surface area contributed by atoms with Crippen molar-refractivity contribution in [3.8, 4) is 28.0 Å². The Morgan fingerprint density at radius 2 is 0.860 bits per heavy atom. The lowest BCUT2D eigenvalue weighted by Crippen LogP contribution is -1.93. The molecule has 4 heterocycles. The van der Waals surface area contributed by atoms with Crippen LogP contribution in [0, 0.1) is 0 Å². The first-order valence-electron chi connectivity index (χ1n) is 17.1. The summed E-state index contributed by atoms with van der Waals surface area (Å²) in [5.41, 5.74) is 10.8. The molecule has 234 valence electrons. The van der Waals surface area contributed by atoms with Crippen molar-refractivity contribution >= 4 is 87.4 Å². The summed E-state index contributed by atoms with van der Waals surface area (Å²) in [4.78, 5) is 0. The number of para-hydroxylation sites is 3. The molecule has 50 heavy (non-hydrogen) atoms. The van der Waals surface area contributed by atoms with Crippen molar-refractivity contribution in [2.45, 2.75) is 6.42 Å². The van der Waals surface area contributed by atoms with Gasteiger partial charge in [0.25, 0.3) is 0 Å². The quantitative estimate of drug-likeness (QED) is 0.176. The van der Waals surface area contributed by atoms with E-state index in [9.17, 15) is 0 Å². The summed E-state index contributed by atoms with van der Waals surface area (Å²) >= 11 is 0. The van der Waals surface area contributed by atoms with Gasteiger partial charge in [-0.25, -0.2) is 0 Å². The van der Waals surface area contributed by atoms with E-state index < -0.39 is 0 Å². The minimum Gasteiger partial charge on any atom is -0.492 e. The van der Waals surface area contributed by atoms with E-state index in [1.807, 2.05) is 24.3 Å². The highest BCUT2D eigenvalue weighted by molar-refractivity contribution is 6.31. The molecule has 0 saturated heterocycles. The predicted octanol–water partition coefficient (Wildman–Crippen LogP) is 13.0. The van der Waals surface area contributed by atoms with Crippen molar-refractivity contribution < 1.29 is 18.0 Å². The van der Waals surface area contributed by atoms with E-state index in [1.165, 1.54) is 5.56 Å². The molecule has 4 nitrogen and oxygen atoms in total. The van der Waals surface area contributed by atoms with E-state index in [4.69, 9.17) is 18.0 Å². The van der Waals surface area contributed by atoms with Crippen molar-refractivity contribution in [3.63, 3.8) is 0 Å². The number of hydrogen-bond acceptors (Lipinski definition) is 4. The second-order valence-electron chi connectivity index (χ2n) is 13.4. The molecule has 0 spiro atoms. The predicted molar refractivity (Wildman–Crippen MR) is 203 cm³/mol. The Kier molecular flexibility index (Phi) is 5.05. The maximum atomic E-state index is 6.75. The number of ether oxygens (including phenoxy) is 1. The third kappa shape index (κ3) is 3.35. The van der Waals surface area contributed by atoms with Gasteiger partial charge in [0.1, 0.15) is 39.2 Å². The monoisotopic (exact) mass is 642 g/mol. The molecule has 0 saturated carbocycles. The number of rotatable bonds is 2. The number of hydrogen-bond donors (Lipinski definition) is 0. The zero-order valence-corrected chi connectivity index (χ0v) is 26.7. The second-order valence-corrected chi connectivity index (χ2v) is 13.4. The van der Waals surface area contributed by atoms with Crippen molar-refractivity contribution in [2.24, 2.45) is 0 Å². The second kappa shape index (κ2) is 9.55. The normalized spacial score (nSPS) is 13.2. The van der Waals surface area contributed by atoms with Crippen LogP contribution >= 0.6 is 0 Å². The molecule has 0 fully saturated rings. The number of benzene rings is 8. The van der Waals surface area contributed by atoms with Crippen LogP contribution < -0.4 is 4.74 Å². The van der Waals surface area contributed by atoms with Gasteiger partial charge in [-0.05, 0) is 68.6 Å². The van der Waals surface area contributed by atoms with Crippen LogP contribution in [0.5, 0.6) is 5.75 Å². The lowest BCUT2D eigenvalue weighted by Gasteiger charge is -2.19. The highest BCUT2D eigenvalue weighted by atomic mass is 16.5. The minimum absolute atomic E-state index is 0.673. The minimum atomic E-state index is 0.673. The Morgan fingerprint density at radius 1 is 0.380 bits per heavy atom. The fourth-order valence-corrected chi connectivity index (χ4v) is 8.72. The maximum absolute atomic E-state index is 6.75. The molecule has 4 heteroatoms. The molecule has 0 aliphatic carbocycles. The number of furan rings is 3. The molecule has 11 aromatic rings. The summed E-state index contributed by atoms with van der Waals surface area (Å²) < 4.78 is 26.3. The topological polar surface area (TPSA) is 48.7 Å². The molecule has 0 N–H and O–H groups in total. The van der Waals surface area contributed by atoms with Crippen molar-refractivity contribution in [3.05, 3.63) is 139 Å². The summed E-state index contributed by atoms with van der Waals surface area (Å²) in [6, 6.07) is 47.0. The first-order chi connectivity index (χ1) is 24.8. The molecular weight excluding hydrogens is 617 g/mol. The van der Waals surface area contributed by atoms with Crippen LogP contribution in [0.1, 0.15) is 5.56 Å². The molecule has 0 amide bonds. The lowest BCUT2D eigenvalue weighted by atomic mass is 9.84. The van der Waals surface area contributed by atoms with Crippen LogP contribution in [-0.2, 0) is 6.42 Å². The van der Waals surface area contributed by atoms with E-state index in [0.29, 0.717) is 6.61 Å². The fraction of sp³-hybridized carbons (Fsp3) is 0.0435. The summed E-state index contributed by atoms with van der Waals surface area (Å²) in [5.74, 6) is 0.951. The number of fused-ring (bicyclic) bond motifs is 14. The SMILES string of the molecule is c1ccc2c(c1)oc1c(-c3c4ccccc4c(-c4cc5oc6ccccc6c5c5oc6ccccc6c45)c4ccccc34)cc3c(c12)OCC3. The van der Waals surface area contributed by atoms with E-state index in [-0.39, 0.29) is 0 Å². The summed E-state index contributed by atoms with van der Waals surface area (Å²) in [7, 11) is 0. The summed E-state index contributed by atoms with van der Waals surface area (Å²) in [5, 5.41) is 11.0. The first kappa shape index (κ1) is 26.4. The zero-order chi connectivity index (χ0) is 32.5. The van der Waals surface area contributed by atoms with Crippen molar-refractivity contribution in [1.82, 2.24) is 0 Å². The van der Waals surface area contributed by atoms with Gasteiger partial charge >= 0.3 is 0 Å². The molecule has 12 rings (SSSR count). The highest BCUT2D eigenvalue weighted by Gasteiger charge is 2.28. The van der Waals surface area contributed by atoms with Crippen LogP contribution in [0.4, 0.5) is 0 Å². The third-order valence-electron chi connectivity index (χ3n) is 10.8. The van der Waals surface area contributed by atoms with Gasteiger partial charge in [0.15, 0.2) is 0 Å². The Hall–Kier alpha value is -6.52. The van der Waals surface area contributed by atoms with Gasteiger partial charge in [-0.2, -0.15) is 0 Å². The lowest BCUT2D eigenvalue weighted by molar-refractivity contribution is 0.360. The van der Waals surface area contributed by atoms with E-state index in [1.54, 1.807) is 0 Å². The Balaban J connectivity index is 1.28. The standard InChI is InChI=1S/C46H26O4/c1-3-13-28-26(11-1)39(33-24-38-42(31-16-6-8-18-35(31)48-38)46-41(33)30-15-5-9-19-36(30)50-46)27-12-2-4-14-29(27)40(28)34-23-25-21-22-47-44(25)43-32-17-7-10-20-37(32)49-45(34)43/h1-20,23-24H,21-22H2. The van der Waals surface area contributed by atoms with E-state index in [0.717, 1.165) is 122 Å². The Morgan fingerprint density at radius 3 is 1.48 bits per heavy atom. The Labute approximate surface area is 284 Å². The van der Waals surface area contributed by atoms with Crippen LogP contribution in [0.15, 0.2) is 147 Å². The van der Waals surface area contributed by atoms with Gasteiger partial charge in [0, 0.05) is 39.1 Å². The van der Waals surface area contributed by atoms with Crippen LogP contribution in [-0.4, -0.2) is 6.61 Å². The fourth-order valence-electron chi connectivity index (χ4n) is 8.72. The van der Waals surface area contributed by atoms with Gasteiger partial charge in [0.05, 0.1) is 17.4 Å². The average Bonchev–Trinajstić information content (AvgIpc) is 3.95. The molecule has 1 aliphatic heterocycles. The summed E-state index contributed by atoms with van der Waals surface area (Å²) in [6.45, 7) is 0.673. The molecule has 0 unspecified atom stereocenters. The van der Waals surface area contributed by atoms with Gasteiger partial charge < -0.3 is 18.0 Å². The van der Waals surface area contributed by atoms with Crippen molar-refractivity contribution in [1.29, 1.82) is 0 Å². The Bertz CT molecular complexity index is 3190. The summed E-state index contributed by atoms with van der Waals surface area (Å²) in [6.07, 6.45) is 0.870. The molecule has 1 aliphatic rings. The van der Waals surface area contributed by atoms with Gasteiger partial charge in [-0.1, -0.05) is 103 Å². The molecule has 0 atom stereocenters. The molecule has 3 aromatic heterocycles. The highest BCUT2D eigenvalue weighted by Crippen LogP contribution is 2.52. The zero-order valence-electron chi connectivity index (χ0n) is 26.7. The van der Waals surface area contributed by atoms with Gasteiger partial charge in [-0.3, -0.25) is 0 Å². The van der Waals surface area contributed by atoms with Gasteiger partial charge in [-0.15, -0.1) is 0 Å². The van der Waals surface area contributed by atoms with Crippen molar-refractivity contribution in [2.75, 3.05) is 6.61 Å². The molecule has 0 radical (unpaired) electrons.